The molecule has 4 heteroatoms. The van der Waals surface area contributed by atoms with Crippen molar-refractivity contribution >= 4 is 21.9 Å². The normalized spacial score (nSPS) is 8.93. The van der Waals surface area contributed by atoms with E-state index in [-0.39, 0.29) is 12.2 Å². The van der Waals surface area contributed by atoms with Gasteiger partial charge < -0.3 is 9.84 Å². The lowest BCUT2D eigenvalue weighted by Gasteiger charge is -2.06. The van der Waals surface area contributed by atoms with E-state index in [1.54, 1.807) is 19.1 Å². The number of ether oxygens (including phenoxy) is 1. The molecule has 1 aromatic rings. The van der Waals surface area contributed by atoms with Crippen molar-refractivity contribution in [3.05, 3.63) is 28.2 Å². The zero-order chi connectivity index (χ0) is 11.3. The van der Waals surface area contributed by atoms with E-state index in [9.17, 15) is 4.79 Å². The van der Waals surface area contributed by atoms with E-state index < -0.39 is 5.97 Å². The Morgan fingerprint density at radius 2 is 2.33 bits per heavy atom. The summed E-state index contributed by atoms with van der Waals surface area (Å²) in [5.41, 5.74) is 0.135. The van der Waals surface area contributed by atoms with Crippen molar-refractivity contribution in [3.63, 3.8) is 0 Å². The molecular formula is C11H9BrO3. The number of hydrogen-bond acceptors (Lipinski definition) is 2. The van der Waals surface area contributed by atoms with E-state index in [4.69, 9.17) is 9.84 Å². The van der Waals surface area contributed by atoms with Crippen molar-refractivity contribution < 1.29 is 14.6 Å². The maximum absolute atomic E-state index is 10.8. The molecule has 0 unspecified atom stereocenters. The molecule has 0 radical (unpaired) electrons. The second-order valence-electron chi connectivity index (χ2n) is 2.66. The number of carboxylic acids is 1. The largest absolute Gasteiger partial charge is 0.480 e. The fourth-order valence-corrected chi connectivity index (χ4v) is 1.32. The molecule has 0 fully saturated rings. The zero-order valence-electron chi connectivity index (χ0n) is 8.08. The molecule has 1 aromatic carbocycles. The summed E-state index contributed by atoms with van der Waals surface area (Å²) in [5.74, 6) is 4.68. The number of carbonyl (C=O) groups is 1. The molecule has 0 amide bonds. The Hall–Kier alpha value is -1.47. The molecule has 0 saturated heterocycles. The fraction of sp³-hybridized carbons (Fsp3) is 0.182. The minimum Gasteiger partial charge on any atom is -0.480 e. The van der Waals surface area contributed by atoms with Crippen molar-refractivity contribution in [2.45, 2.75) is 6.92 Å². The second-order valence-corrected chi connectivity index (χ2v) is 3.58. The van der Waals surface area contributed by atoms with Gasteiger partial charge in [0, 0.05) is 4.47 Å². The third kappa shape index (κ3) is 3.30. The molecular weight excluding hydrogens is 260 g/mol. The topological polar surface area (TPSA) is 46.5 Å². The van der Waals surface area contributed by atoms with Crippen LogP contribution in [0.4, 0.5) is 0 Å². The quantitative estimate of drug-likeness (QED) is 0.858. The first kappa shape index (κ1) is 11.6. The van der Waals surface area contributed by atoms with Gasteiger partial charge in [0.25, 0.3) is 0 Å². The number of halogens is 1. The van der Waals surface area contributed by atoms with Crippen LogP contribution in [0.1, 0.15) is 17.3 Å². The molecule has 0 heterocycles. The molecule has 15 heavy (non-hydrogen) atoms. The Labute approximate surface area is 96.2 Å². The average molecular weight is 269 g/mol. The average Bonchev–Trinajstić information content (AvgIpc) is 2.18. The highest BCUT2D eigenvalue weighted by atomic mass is 79.9. The number of carboxylic acid groups (broad SMARTS) is 1. The first-order chi connectivity index (χ1) is 7.15. The molecule has 0 aliphatic heterocycles. The molecule has 1 rings (SSSR count). The van der Waals surface area contributed by atoms with E-state index >= 15 is 0 Å². The number of benzene rings is 1. The SMILES string of the molecule is CC#CCOc1cc(Br)ccc1C(=O)O. The van der Waals surface area contributed by atoms with Crippen molar-refractivity contribution in [1.82, 2.24) is 0 Å². The Balaban J connectivity index is 2.95. The lowest BCUT2D eigenvalue weighted by molar-refractivity contribution is 0.0693. The molecule has 0 aromatic heterocycles. The zero-order valence-corrected chi connectivity index (χ0v) is 9.67. The maximum Gasteiger partial charge on any atom is 0.339 e. The van der Waals surface area contributed by atoms with Crippen LogP contribution in [0.5, 0.6) is 5.75 Å². The van der Waals surface area contributed by atoms with Gasteiger partial charge in [-0.3, -0.25) is 0 Å². The van der Waals surface area contributed by atoms with E-state index in [0.717, 1.165) is 4.47 Å². The molecule has 0 aliphatic carbocycles. The van der Waals surface area contributed by atoms with Crippen molar-refractivity contribution in [1.29, 1.82) is 0 Å². The summed E-state index contributed by atoms with van der Waals surface area (Å²) in [7, 11) is 0. The molecule has 78 valence electrons. The maximum atomic E-state index is 10.8. The molecule has 1 N–H and O–H groups in total. The lowest BCUT2D eigenvalue weighted by atomic mass is 10.2. The summed E-state index contributed by atoms with van der Waals surface area (Å²) in [5, 5.41) is 8.88. The highest BCUT2D eigenvalue weighted by molar-refractivity contribution is 9.10. The number of hydrogen-bond donors (Lipinski definition) is 1. The Bertz CT molecular complexity index is 429. The summed E-state index contributed by atoms with van der Waals surface area (Å²) >= 11 is 3.25. The summed E-state index contributed by atoms with van der Waals surface area (Å²) in [4.78, 5) is 10.8. The molecule has 0 atom stereocenters. The van der Waals surface area contributed by atoms with Gasteiger partial charge in [-0.2, -0.15) is 0 Å². The van der Waals surface area contributed by atoms with E-state index in [1.165, 1.54) is 6.07 Å². The monoisotopic (exact) mass is 268 g/mol. The molecule has 0 saturated carbocycles. The fourth-order valence-electron chi connectivity index (χ4n) is 0.978. The molecule has 0 aliphatic rings. The van der Waals surface area contributed by atoms with Crippen LogP contribution in [0.3, 0.4) is 0 Å². The smallest absolute Gasteiger partial charge is 0.339 e. The number of aromatic carboxylic acids is 1. The highest BCUT2D eigenvalue weighted by Gasteiger charge is 2.10. The van der Waals surface area contributed by atoms with Crippen LogP contribution >= 0.6 is 15.9 Å². The van der Waals surface area contributed by atoms with Gasteiger partial charge >= 0.3 is 5.97 Å². The van der Waals surface area contributed by atoms with Crippen LogP contribution in [-0.2, 0) is 0 Å². The third-order valence-corrected chi connectivity index (χ3v) is 2.14. The van der Waals surface area contributed by atoms with E-state index in [0.29, 0.717) is 5.75 Å². The standard InChI is InChI=1S/C11H9BrO3/c1-2-3-6-15-10-7-8(12)4-5-9(10)11(13)14/h4-5,7H,6H2,1H3,(H,13,14). The van der Waals surface area contributed by atoms with Gasteiger partial charge in [0.15, 0.2) is 0 Å². The predicted octanol–water partition coefficient (Wildman–Crippen LogP) is 2.55. The Morgan fingerprint density at radius 1 is 1.60 bits per heavy atom. The van der Waals surface area contributed by atoms with Crippen molar-refractivity contribution in [2.24, 2.45) is 0 Å². The minimum atomic E-state index is -1.01. The van der Waals surface area contributed by atoms with E-state index in [2.05, 4.69) is 27.8 Å². The van der Waals surface area contributed by atoms with Crippen LogP contribution in [0.2, 0.25) is 0 Å². The van der Waals surface area contributed by atoms with Crippen LogP contribution < -0.4 is 4.74 Å². The second kappa shape index (κ2) is 5.42. The molecule has 0 bridgehead atoms. The lowest BCUT2D eigenvalue weighted by Crippen LogP contribution is -2.03. The Kier molecular flexibility index (Phi) is 4.19. The minimum absolute atomic E-state index is 0.135. The summed E-state index contributed by atoms with van der Waals surface area (Å²) in [6.45, 7) is 1.88. The first-order valence-electron chi connectivity index (χ1n) is 4.20. The predicted molar refractivity (Wildman–Crippen MR) is 60.0 cm³/mol. The van der Waals surface area contributed by atoms with Crippen molar-refractivity contribution in [3.8, 4) is 17.6 Å². The third-order valence-electron chi connectivity index (χ3n) is 1.65. The van der Waals surface area contributed by atoms with Crippen LogP contribution in [0, 0.1) is 11.8 Å². The van der Waals surface area contributed by atoms with Gasteiger partial charge in [-0.15, -0.1) is 5.92 Å². The van der Waals surface area contributed by atoms with Gasteiger partial charge in [0.05, 0.1) is 0 Å². The summed E-state index contributed by atoms with van der Waals surface area (Å²) in [6.07, 6.45) is 0. The van der Waals surface area contributed by atoms with Crippen LogP contribution in [0.15, 0.2) is 22.7 Å². The van der Waals surface area contributed by atoms with Crippen LogP contribution in [0.25, 0.3) is 0 Å². The molecule has 0 spiro atoms. The van der Waals surface area contributed by atoms with Gasteiger partial charge in [0.2, 0.25) is 0 Å². The highest BCUT2D eigenvalue weighted by Crippen LogP contribution is 2.23. The summed E-state index contributed by atoms with van der Waals surface area (Å²) < 4.78 is 6.01. The van der Waals surface area contributed by atoms with Gasteiger partial charge in [-0.1, -0.05) is 21.9 Å². The van der Waals surface area contributed by atoms with Crippen LogP contribution in [-0.4, -0.2) is 17.7 Å². The Morgan fingerprint density at radius 3 is 2.93 bits per heavy atom. The van der Waals surface area contributed by atoms with Crippen molar-refractivity contribution in [2.75, 3.05) is 6.61 Å². The van der Waals surface area contributed by atoms with Gasteiger partial charge in [0.1, 0.15) is 17.9 Å². The molecule has 3 nitrogen and oxygen atoms in total. The number of rotatable bonds is 3. The first-order valence-corrected chi connectivity index (χ1v) is 4.99. The van der Waals surface area contributed by atoms with E-state index in [1.807, 2.05) is 0 Å². The van der Waals surface area contributed by atoms with Gasteiger partial charge in [-0.25, -0.2) is 4.79 Å². The summed E-state index contributed by atoms with van der Waals surface area (Å²) in [6, 6.07) is 4.75. The van der Waals surface area contributed by atoms with Gasteiger partial charge in [-0.05, 0) is 25.1 Å².